The minimum absolute atomic E-state index is 0.550. The lowest BCUT2D eigenvalue weighted by atomic mass is 10.2. The fourth-order valence-corrected chi connectivity index (χ4v) is 0.952. The first-order chi connectivity index (χ1) is 5.79. The summed E-state index contributed by atoms with van der Waals surface area (Å²) < 4.78 is 0. The normalized spacial score (nSPS) is 11.2. The summed E-state index contributed by atoms with van der Waals surface area (Å²) in [4.78, 5) is 4.32. The summed E-state index contributed by atoms with van der Waals surface area (Å²) >= 11 is 0. The van der Waals surface area contributed by atoms with Gasteiger partial charge in [-0.15, -0.1) is 0 Å². The van der Waals surface area contributed by atoms with Gasteiger partial charge < -0.3 is 0 Å². The molecule has 0 heterocycles. The first-order valence-corrected chi connectivity index (χ1v) is 4.33. The molecule has 1 aromatic rings. The molecule has 1 aromatic carbocycles. The molecule has 12 heavy (non-hydrogen) atoms. The average Bonchev–Trinajstić information content (AvgIpc) is 2.05. The number of rotatable bonds is 3. The lowest BCUT2D eigenvalue weighted by molar-refractivity contribution is 0.892. The molecule has 0 aromatic heterocycles. The van der Waals surface area contributed by atoms with Gasteiger partial charge in [-0.3, -0.25) is 4.99 Å². The maximum atomic E-state index is 4.32. The molecule has 0 amide bonds. The Bertz CT molecular complexity index is 236. The molecule has 0 fully saturated rings. The molecule has 0 spiro atoms. The summed E-state index contributed by atoms with van der Waals surface area (Å²) in [6.07, 6.45) is 1.99. The van der Waals surface area contributed by atoms with Crippen molar-refractivity contribution in [2.75, 3.05) is 0 Å². The van der Waals surface area contributed by atoms with Gasteiger partial charge in [-0.05, 0) is 11.5 Å². The molecule has 0 unspecified atom stereocenters. The molecule has 0 aliphatic rings. The Morgan fingerprint density at radius 2 is 1.92 bits per heavy atom. The van der Waals surface area contributed by atoms with E-state index in [1.807, 2.05) is 24.4 Å². The molecule has 0 saturated carbocycles. The molecule has 1 rings (SSSR count). The van der Waals surface area contributed by atoms with E-state index in [2.05, 4.69) is 31.0 Å². The van der Waals surface area contributed by atoms with Gasteiger partial charge in [-0.1, -0.05) is 44.2 Å². The summed E-state index contributed by atoms with van der Waals surface area (Å²) in [5, 5.41) is 0. The molecule has 1 nitrogen and oxygen atoms in total. The second kappa shape index (κ2) is 4.70. The molecule has 0 radical (unpaired) electrons. The van der Waals surface area contributed by atoms with E-state index < -0.39 is 0 Å². The molecule has 64 valence electrons. The Balaban J connectivity index is 2.43. The van der Waals surface area contributed by atoms with Gasteiger partial charge in [0.1, 0.15) is 0 Å². The standard InChI is InChI=1S/C11H15N/c1-10(2)8-12-9-11-6-4-3-5-7-11/h3-8,10H,9H2,1-2H3/b12-8+. The van der Waals surface area contributed by atoms with Crippen LogP contribution in [0.5, 0.6) is 0 Å². The minimum atomic E-state index is 0.550. The highest BCUT2D eigenvalue weighted by atomic mass is 14.7. The third-order valence-corrected chi connectivity index (χ3v) is 1.52. The highest BCUT2D eigenvalue weighted by Crippen LogP contribution is 1.99. The van der Waals surface area contributed by atoms with Gasteiger partial charge in [-0.2, -0.15) is 0 Å². The fourth-order valence-electron chi connectivity index (χ4n) is 0.952. The lowest BCUT2D eigenvalue weighted by Gasteiger charge is -1.95. The van der Waals surface area contributed by atoms with Gasteiger partial charge in [0.15, 0.2) is 0 Å². The van der Waals surface area contributed by atoms with Gasteiger partial charge in [0, 0.05) is 6.21 Å². The topological polar surface area (TPSA) is 12.4 Å². The van der Waals surface area contributed by atoms with Crippen LogP contribution in [0.15, 0.2) is 35.3 Å². The van der Waals surface area contributed by atoms with E-state index >= 15 is 0 Å². The smallest absolute Gasteiger partial charge is 0.0635 e. The van der Waals surface area contributed by atoms with Crippen LogP contribution in [-0.2, 0) is 6.54 Å². The first kappa shape index (κ1) is 8.98. The molecule has 0 atom stereocenters. The number of nitrogens with zero attached hydrogens (tertiary/aromatic N) is 1. The highest BCUT2D eigenvalue weighted by Gasteiger charge is 1.87. The third kappa shape index (κ3) is 3.33. The van der Waals surface area contributed by atoms with Crippen molar-refractivity contribution in [1.29, 1.82) is 0 Å². The molecule has 0 bridgehead atoms. The number of benzene rings is 1. The number of hydrogen-bond acceptors (Lipinski definition) is 1. The van der Waals surface area contributed by atoms with E-state index in [1.165, 1.54) is 5.56 Å². The fraction of sp³-hybridized carbons (Fsp3) is 0.364. The Hall–Kier alpha value is -1.11. The van der Waals surface area contributed by atoms with Crippen LogP contribution < -0.4 is 0 Å². The Labute approximate surface area is 74.2 Å². The van der Waals surface area contributed by atoms with E-state index in [-0.39, 0.29) is 0 Å². The van der Waals surface area contributed by atoms with Crippen LogP contribution in [0, 0.1) is 5.92 Å². The van der Waals surface area contributed by atoms with Gasteiger partial charge >= 0.3 is 0 Å². The Kier molecular flexibility index (Phi) is 3.52. The minimum Gasteiger partial charge on any atom is -0.293 e. The summed E-state index contributed by atoms with van der Waals surface area (Å²) in [5.74, 6) is 0.550. The van der Waals surface area contributed by atoms with Crippen LogP contribution in [-0.4, -0.2) is 6.21 Å². The van der Waals surface area contributed by atoms with Crippen LogP contribution in [0.25, 0.3) is 0 Å². The summed E-state index contributed by atoms with van der Waals surface area (Å²) in [7, 11) is 0. The van der Waals surface area contributed by atoms with E-state index in [9.17, 15) is 0 Å². The van der Waals surface area contributed by atoms with Crippen molar-refractivity contribution in [2.45, 2.75) is 20.4 Å². The molecular weight excluding hydrogens is 146 g/mol. The molecule has 0 aliphatic heterocycles. The van der Waals surface area contributed by atoms with E-state index in [0.29, 0.717) is 5.92 Å². The Morgan fingerprint density at radius 1 is 1.25 bits per heavy atom. The average molecular weight is 161 g/mol. The van der Waals surface area contributed by atoms with Crippen molar-refractivity contribution >= 4 is 6.21 Å². The SMILES string of the molecule is CC(C)/C=N/Cc1ccccc1. The van der Waals surface area contributed by atoms with Crippen molar-refractivity contribution in [3.05, 3.63) is 35.9 Å². The van der Waals surface area contributed by atoms with Crippen LogP contribution in [0.3, 0.4) is 0 Å². The van der Waals surface area contributed by atoms with Gasteiger partial charge in [0.2, 0.25) is 0 Å². The van der Waals surface area contributed by atoms with Crippen molar-refractivity contribution in [3.8, 4) is 0 Å². The maximum Gasteiger partial charge on any atom is 0.0635 e. The van der Waals surface area contributed by atoms with Gasteiger partial charge in [-0.25, -0.2) is 0 Å². The zero-order valence-electron chi connectivity index (χ0n) is 7.70. The maximum absolute atomic E-state index is 4.32. The van der Waals surface area contributed by atoms with Gasteiger partial charge in [0.25, 0.3) is 0 Å². The summed E-state index contributed by atoms with van der Waals surface area (Å²) in [6.45, 7) is 5.07. The third-order valence-electron chi connectivity index (χ3n) is 1.52. The van der Waals surface area contributed by atoms with Crippen LogP contribution in [0.1, 0.15) is 19.4 Å². The van der Waals surface area contributed by atoms with Crippen molar-refractivity contribution in [2.24, 2.45) is 10.9 Å². The number of aliphatic imine (C=N–C) groups is 1. The molecule has 0 N–H and O–H groups in total. The van der Waals surface area contributed by atoms with Crippen molar-refractivity contribution in [3.63, 3.8) is 0 Å². The molecule has 1 heteroatoms. The number of hydrogen-bond donors (Lipinski definition) is 0. The monoisotopic (exact) mass is 161 g/mol. The predicted molar refractivity (Wildman–Crippen MR) is 53.5 cm³/mol. The Morgan fingerprint density at radius 3 is 2.50 bits per heavy atom. The largest absolute Gasteiger partial charge is 0.293 e. The van der Waals surface area contributed by atoms with E-state index in [4.69, 9.17) is 0 Å². The summed E-state index contributed by atoms with van der Waals surface area (Å²) in [6, 6.07) is 10.3. The molecule has 0 aliphatic carbocycles. The highest BCUT2D eigenvalue weighted by molar-refractivity contribution is 5.59. The zero-order valence-corrected chi connectivity index (χ0v) is 7.70. The lowest BCUT2D eigenvalue weighted by Crippen LogP contribution is -1.88. The predicted octanol–water partition coefficient (Wildman–Crippen LogP) is 2.91. The van der Waals surface area contributed by atoms with Crippen LogP contribution >= 0.6 is 0 Å². The molecular formula is C11H15N. The van der Waals surface area contributed by atoms with Crippen molar-refractivity contribution < 1.29 is 0 Å². The second-order valence-electron chi connectivity index (χ2n) is 3.22. The van der Waals surface area contributed by atoms with Crippen LogP contribution in [0.2, 0.25) is 0 Å². The van der Waals surface area contributed by atoms with Gasteiger partial charge in [0.05, 0.1) is 6.54 Å². The first-order valence-electron chi connectivity index (χ1n) is 4.33. The second-order valence-corrected chi connectivity index (χ2v) is 3.22. The zero-order chi connectivity index (χ0) is 8.81. The van der Waals surface area contributed by atoms with Crippen LogP contribution in [0.4, 0.5) is 0 Å². The van der Waals surface area contributed by atoms with E-state index in [1.54, 1.807) is 0 Å². The van der Waals surface area contributed by atoms with Crippen molar-refractivity contribution in [1.82, 2.24) is 0 Å². The van der Waals surface area contributed by atoms with E-state index in [0.717, 1.165) is 6.54 Å². The summed E-state index contributed by atoms with van der Waals surface area (Å²) in [5.41, 5.74) is 1.27. The quantitative estimate of drug-likeness (QED) is 0.604. The molecule has 0 saturated heterocycles.